The van der Waals surface area contributed by atoms with Crippen molar-refractivity contribution in [1.82, 2.24) is 19.9 Å². The lowest BCUT2D eigenvalue weighted by atomic mass is 10.1. The summed E-state index contributed by atoms with van der Waals surface area (Å²) in [4.78, 5) is 26.5. The average Bonchev–Trinajstić information content (AvgIpc) is 3.17. The molecule has 1 aliphatic rings. The fourth-order valence-electron chi connectivity index (χ4n) is 3.35. The maximum Gasteiger partial charge on any atom is 0.289 e. The monoisotopic (exact) mass is 372 g/mol. The van der Waals surface area contributed by atoms with E-state index in [-0.39, 0.29) is 23.1 Å². The van der Waals surface area contributed by atoms with Crippen LogP contribution in [0.2, 0.25) is 0 Å². The fourth-order valence-corrected chi connectivity index (χ4v) is 3.35. The van der Waals surface area contributed by atoms with Crippen molar-refractivity contribution in [1.29, 1.82) is 0 Å². The molecule has 0 unspecified atom stereocenters. The Hall–Kier alpha value is -3.74. The summed E-state index contributed by atoms with van der Waals surface area (Å²) >= 11 is 0. The van der Waals surface area contributed by atoms with Crippen molar-refractivity contribution in [2.75, 3.05) is 13.1 Å². The van der Waals surface area contributed by atoms with Crippen molar-refractivity contribution in [3.05, 3.63) is 82.8 Å². The lowest BCUT2D eigenvalue weighted by molar-refractivity contribution is 0.0467. The molecule has 1 amide bonds. The van der Waals surface area contributed by atoms with Crippen molar-refractivity contribution in [3.8, 4) is 11.3 Å². The standard InChI is InChI=1S/C21H16N4O3/c26-18-10-20(28-19-9-5-4-8-16(18)19)21(27)24-11-15(12-24)25-13-17(22-23-25)14-6-2-1-3-7-14/h1-10,13,15H,11-12H2. The van der Waals surface area contributed by atoms with Crippen LogP contribution >= 0.6 is 0 Å². The Morgan fingerprint density at radius 2 is 1.79 bits per heavy atom. The van der Waals surface area contributed by atoms with Gasteiger partial charge in [0.25, 0.3) is 5.91 Å². The third-order valence-electron chi connectivity index (χ3n) is 4.95. The summed E-state index contributed by atoms with van der Waals surface area (Å²) < 4.78 is 7.42. The highest BCUT2D eigenvalue weighted by Crippen LogP contribution is 2.25. The number of para-hydroxylation sites is 1. The number of hydrogen-bond acceptors (Lipinski definition) is 5. The van der Waals surface area contributed by atoms with Gasteiger partial charge in [-0.1, -0.05) is 47.7 Å². The van der Waals surface area contributed by atoms with Gasteiger partial charge in [0.05, 0.1) is 17.6 Å². The molecule has 0 spiro atoms. The van der Waals surface area contributed by atoms with Gasteiger partial charge in [0.1, 0.15) is 11.3 Å². The van der Waals surface area contributed by atoms with Crippen molar-refractivity contribution < 1.29 is 9.21 Å². The molecule has 1 aliphatic heterocycles. The number of carbonyl (C=O) groups excluding carboxylic acids is 1. The maximum atomic E-state index is 12.7. The van der Waals surface area contributed by atoms with Crippen LogP contribution in [-0.2, 0) is 0 Å². The molecule has 2 aromatic heterocycles. The molecule has 138 valence electrons. The summed E-state index contributed by atoms with van der Waals surface area (Å²) in [6, 6.07) is 18.1. The highest BCUT2D eigenvalue weighted by molar-refractivity contribution is 5.93. The molecule has 1 saturated heterocycles. The largest absolute Gasteiger partial charge is 0.451 e. The van der Waals surface area contributed by atoms with Crippen LogP contribution in [0.3, 0.4) is 0 Å². The minimum absolute atomic E-state index is 0.0566. The van der Waals surface area contributed by atoms with Crippen molar-refractivity contribution >= 4 is 16.9 Å². The Morgan fingerprint density at radius 1 is 1.04 bits per heavy atom. The van der Waals surface area contributed by atoms with Crippen LogP contribution < -0.4 is 5.43 Å². The second-order valence-corrected chi connectivity index (χ2v) is 6.78. The second kappa shape index (κ2) is 6.45. The molecule has 0 bridgehead atoms. The van der Waals surface area contributed by atoms with E-state index in [1.807, 2.05) is 36.5 Å². The van der Waals surface area contributed by atoms with Crippen LogP contribution in [0.5, 0.6) is 0 Å². The van der Waals surface area contributed by atoms with Crippen molar-refractivity contribution in [3.63, 3.8) is 0 Å². The quantitative estimate of drug-likeness (QED) is 0.552. The zero-order chi connectivity index (χ0) is 19.1. The zero-order valence-electron chi connectivity index (χ0n) is 14.9. The second-order valence-electron chi connectivity index (χ2n) is 6.78. The molecule has 0 saturated carbocycles. The number of rotatable bonds is 3. The van der Waals surface area contributed by atoms with Gasteiger partial charge in [-0.15, -0.1) is 5.10 Å². The van der Waals surface area contributed by atoms with E-state index in [2.05, 4.69) is 10.3 Å². The van der Waals surface area contributed by atoms with Crippen LogP contribution in [-0.4, -0.2) is 38.9 Å². The number of carbonyl (C=O) groups is 1. The lowest BCUT2D eigenvalue weighted by Crippen LogP contribution is -2.51. The third-order valence-corrected chi connectivity index (χ3v) is 4.95. The van der Waals surface area contributed by atoms with Crippen LogP contribution in [0.15, 0.2) is 76.1 Å². The zero-order valence-corrected chi connectivity index (χ0v) is 14.9. The summed E-state index contributed by atoms with van der Waals surface area (Å²) in [5, 5.41) is 8.87. The Kier molecular flexibility index (Phi) is 3.79. The number of fused-ring (bicyclic) bond motifs is 1. The minimum Gasteiger partial charge on any atom is -0.451 e. The van der Waals surface area contributed by atoms with Gasteiger partial charge in [-0.2, -0.15) is 0 Å². The van der Waals surface area contributed by atoms with Crippen LogP contribution in [0.4, 0.5) is 0 Å². The van der Waals surface area contributed by atoms with Gasteiger partial charge in [-0.3, -0.25) is 9.59 Å². The van der Waals surface area contributed by atoms with Crippen molar-refractivity contribution in [2.45, 2.75) is 6.04 Å². The Morgan fingerprint density at radius 3 is 2.61 bits per heavy atom. The lowest BCUT2D eigenvalue weighted by Gasteiger charge is -2.38. The molecule has 4 aromatic rings. The smallest absolute Gasteiger partial charge is 0.289 e. The molecule has 28 heavy (non-hydrogen) atoms. The summed E-state index contributed by atoms with van der Waals surface area (Å²) in [6.45, 7) is 0.986. The molecular formula is C21H16N4O3. The van der Waals surface area contributed by atoms with Gasteiger partial charge < -0.3 is 9.32 Å². The Balaban J connectivity index is 1.31. The first-order valence-electron chi connectivity index (χ1n) is 8.98. The van der Waals surface area contributed by atoms with E-state index in [4.69, 9.17) is 4.42 Å². The van der Waals surface area contributed by atoms with Gasteiger partial charge in [0.15, 0.2) is 11.2 Å². The summed E-state index contributed by atoms with van der Waals surface area (Å²) in [5.74, 6) is -0.229. The number of aromatic nitrogens is 3. The number of amides is 1. The highest BCUT2D eigenvalue weighted by atomic mass is 16.3. The molecule has 0 aliphatic carbocycles. The van der Waals surface area contributed by atoms with Gasteiger partial charge in [0, 0.05) is 24.7 Å². The number of hydrogen-bond donors (Lipinski definition) is 0. The third kappa shape index (κ3) is 2.77. The number of benzene rings is 2. The van der Waals surface area contributed by atoms with E-state index < -0.39 is 0 Å². The van der Waals surface area contributed by atoms with Gasteiger partial charge >= 0.3 is 0 Å². The highest BCUT2D eigenvalue weighted by Gasteiger charge is 2.34. The average molecular weight is 372 g/mol. The number of nitrogens with zero attached hydrogens (tertiary/aromatic N) is 4. The van der Waals surface area contributed by atoms with E-state index >= 15 is 0 Å². The van der Waals surface area contributed by atoms with Gasteiger partial charge in [-0.05, 0) is 12.1 Å². The van der Waals surface area contributed by atoms with E-state index in [1.54, 1.807) is 33.8 Å². The Labute approximate surface area is 159 Å². The molecule has 0 atom stereocenters. The topological polar surface area (TPSA) is 81.2 Å². The van der Waals surface area contributed by atoms with Crippen LogP contribution in [0, 0.1) is 0 Å². The predicted octanol–water partition coefficient (Wildman–Crippen LogP) is 2.75. The summed E-state index contributed by atoms with van der Waals surface area (Å²) in [5.41, 5.74) is 2.00. The van der Waals surface area contributed by atoms with Gasteiger partial charge in [0.2, 0.25) is 0 Å². The summed E-state index contributed by atoms with van der Waals surface area (Å²) in [7, 11) is 0. The first-order chi connectivity index (χ1) is 13.7. The molecule has 5 rings (SSSR count). The van der Waals surface area contributed by atoms with Gasteiger partial charge in [-0.25, -0.2) is 4.68 Å². The summed E-state index contributed by atoms with van der Waals surface area (Å²) in [6.07, 6.45) is 1.89. The molecule has 0 radical (unpaired) electrons. The molecule has 7 nitrogen and oxygen atoms in total. The van der Waals surface area contributed by atoms with E-state index in [0.29, 0.717) is 24.1 Å². The van der Waals surface area contributed by atoms with E-state index in [1.165, 1.54) is 6.07 Å². The Bertz CT molecular complexity index is 1220. The normalized spacial score (nSPS) is 14.2. The molecular weight excluding hydrogens is 356 g/mol. The molecule has 2 aromatic carbocycles. The molecule has 1 fully saturated rings. The molecule has 7 heteroatoms. The number of likely N-dealkylation sites (tertiary alicyclic amines) is 1. The van der Waals surface area contributed by atoms with Crippen LogP contribution in [0.1, 0.15) is 16.6 Å². The fraction of sp³-hybridized carbons (Fsp3) is 0.143. The predicted molar refractivity (Wildman–Crippen MR) is 103 cm³/mol. The first kappa shape index (κ1) is 16.4. The van der Waals surface area contributed by atoms with E-state index in [9.17, 15) is 9.59 Å². The minimum atomic E-state index is -0.289. The molecule has 0 N–H and O–H groups in total. The first-order valence-corrected chi connectivity index (χ1v) is 8.98. The SMILES string of the molecule is O=C(c1cc(=O)c2ccccc2o1)N1CC(n2cc(-c3ccccc3)nn2)C1. The van der Waals surface area contributed by atoms with E-state index in [0.717, 1.165) is 11.3 Å². The van der Waals surface area contributed by atoms with Crippen LogP contribution in [0.25, 0.3) is 22.2 Å². The maximum absolute atomic E-state index is 12.7. The van der Waals surface area contributed by atoms with Crippen molar-refractivity contribution in [2.24, 2.45) is 0 Å². The molecule has 3 heterocycles.